The molecule has 0 bridgehead atoms. The van der Waals surface area contributed by atoms with Gasteiger partial charge in [-0.25, -0.2) is 0 Å². The highest BCUT2D eigenvalue weighted by atomic mass is 16.2. The lowest BCUT2D eigenvalue weighted by atomic mass is 10.1. The van der Waals surface area contributed by atoms with Crippen molar-refractivity contribution < 1.29 is 4.79 Å². The van der Waals surface area contributed by atoms with E-state index in [4.69, 9.17) is 5.73 Å². The van der Waals surface area contributed by atoms with E-state index >= 15 is 0 Å². The van der Waals surface area contributed by atoms with Crippen molar-refractivity contribution in [2.75, 3.05) is 36.8 Å². The van der Waals surface area contributed by atoms with Crippen molar-refractivity contribution in [3.63, 3.8) is 0 Å². The third kappa shape index (κ3) is 3.31. The molecule has 4 nitrogen and oxygen atoms in total. The molecule has 1 aliphatic heterocycles. The number of hydrogen-bond donors (Lipinski definition) is 1. The fraction of sp³-hybridized carbons (Fsp3) is 0.316. The fourth-order valence-electron chi connectivity index (χ4n) is 3.03. The Bertz CT molecular complexity index is 676. The second-order valence-electron chi connectivity index (χ2n) is 5.88. The fourth-order valence-corrected chi connectivity index (χ4v) is 3.03. The maximum atomic E-state index is 12.5. The molecule has 120 valence electrons. The van der Waals surface area contributed by atoms with Crippen LogP contribution in [-0.2, 0) is 6.42 Å². The van der Waals surface area contributed by atoms with Crippen LogP contribution < -0.4 is 10.6 Å². The topological polar surface area (TPSA) is 49.6 Å². The molecule has 0 aliphatic carbocycles. The molecule has 0 atom stereocenters. The number of nitrogens with zero attached hydrogens (tertiary/aromatic N) is 2. The molecular weight excluding hydrogens is 286 g/mol. The van der Waals surface area contributed by atoms with Gasteiger partial charge in [0.2, 0.25) is 0 Å². The van der Waals surface area contributed by atoms with Crippen molar-refractivity contribution in [3.8, 4) is 0 Å². The van der Waals surface area contributed by atoms with E-state index in [1.165, 1.54) is 5.56 Å². The summed E-state index contributed by atoms with van der Waals surface area (Å²) in [5.74, 6) is 0.117. The first-order chi connectivity index (χ1) is 11.2. The summed E-state index contributed by atoms with van der Waals surface area (Å²) in [6.07, 6.45) is 0.950. The van der Waals surface area contributed by atoms with E-state index in [9.17, 15) is 4.79 Å². The Morgan fingerprint density at radius 1 is 1.04 bits per heavy atom. The van der Waals surface area contributed by atoms with Gasteiger partial charge in [0, 0.05) is 43.1 Å². The van der Waals surface area contributed by atoms with E-state index in [2.05, 4.69) is 24.0 Å². The van der Waals surface area contributed by atoms with Crippen molar-refractivity contribution in [2.24, 2.45) is 0 Å². The van der Waals surface area contributed by atoms with Crippen molar-refractivity contribution >= 4 is 17.3 Å². The molecular formula is C19H23N3O. The largest absolute Gasteiger partial charge is 0.398 e. The van der Waals surface area contributed by atoms with E-state index in [-0.39, 0.29) is 5.91 Å². The van der Waals surface area contributed by atoms with Crippen LogP contribution in [0.3, 0.4) is 0 Å². The molecule has 1 aliphatic rings. The molecule has 4 heteroatoms. The van der Waals surface area contributed by atoms with Crippen molar-refractivity contribution in [3.05, 3.63) is 59.7 Å². The van der Waals surface area contributed by atoms with Crippen LogP contribution in [0.4, 0.5) is 11.4 Å². The van der Waals surface area contributed by atoms with Crippen molar-refractivity contribution in [1.29, 1.82) is 0 Å². The summed E-state index contributed by atoms with van der Waals surface area (Å²) in [5.41, 5.74) is 10.0. The highest BCUT2D eigenvalue weighted by molar-refractivity contribution is 5.94. The van der Waals surface area contributed by atoms with Crippen LogP contribution in [0, 0.1) is 0 Å². The summed E-state index contributed by atoms with van der Waals surface area (Å²) >= 11 is 0. The molecule has 0 spiro atoms. The SMILES string of the molecule is CCc1ccc(N2CCN(C(=O)c3ccccc3)CC2)cc1N. The number of rotatable bonds is 3. The molecule has 0 aromatic heterocycles. The van der Waals surface area contributed by atoms with Gasteiger partial charge in [-0.15, -0.1) is 0 Å². The minimum absolute atomic E-state index is 0.117. The van der Waals surface area contributed by atoms with Crippen LogP contribution in [0.2, 0.25) is 0 Å². The summed E-state index contributed by atoms with van der Waals surface area (Å²) in [6.45, 7) is 5.26. The predicted molar refractivity (Wildman–Crippen MR) is 94.8 cm³/mol. The number of anilines is 2. The second kappa shape index (κ2) is 6.73. The molecule has 3 rings (SSSR count). The number of amides is 1. The number of carbonyl (C=O) groups is 1. The number of carbonyl (C=O) groups excluding carboxylic acids is 1. The maximum absolute atomic E-state index is 12.5. The first kappa shape index (κ1) is 15.4. The second-order valence-corrected chi connectivity index (χ2v) is 5.88. The van der Waals surface area contributed by atoms with Crippen LogP contribution >= 0.6 is 0 Å². The molecule has 2 N–H and O–H groups in total. The van der Waals surface area contributed by atoms with Crippen molar-refractivity contribution in [2.45, 2.75) is 13.3 Å². The Morgan fingerprint density at radius 2 is 1.74 bits per heavy atom. The predicted octanol–water partition coefficient (Wildman–Crippen LogP) is 2.79. The van der Waals surface area contributed by atoms with Crippen LogP contribution in [-0.4, -0.2) is 37.0 Å². The lowest BCUT2D eigenvalue weighted by molar-refractivity contribution is 0.0747. The molecule has 1 heterocycles. The quantitative estimate of drug-likeness (QED) is 0.887. The third-order valence-electron chi connectivity index (χ3n) is 4.46. The van der Waals surface area contributed by atoms with Crippen molar-refractivity contribution in [1.82, 2.24) is 4.90 Å². The van der Waals surface area contributed by atoms with E-state index in [0.717, 1.165) is 49.5 Å². The lowest BCUT2D eigenvalue weighted by Gasteiger charge is -2.36. The van der Waals surface area contributed by atoms with Crippen LogP contribution in [0.15, 0.2) is 48.5 Å². The molecule has 0 radical (unpaired) electrons. The smallest absolute Gasteiger partial charge is 0.253 e. The van der Waals surface area contributed by atoms with E-state index in [1.807, 2.05) is 41.3 Å². The molecule has 0 unspecified atom stereocenters. The minimum Gasteiger partial charge on any atom is -0.398 e. The average molecular weight is 309 g/mol. The zero-order valence-corrected chi connectivity index (χ0v) is 13.5. The number of nitrogen functional groups attached to an aromatic ring is 1. The van der Waals surface area contributed by atoms with Crippen LogP contribution in [0.1, 0.15) is 22.8 Å². The van der Waals surface area contributed by atoms with Crippen LogP contribution in [0.5, 0.6) is 0 Å². The van der Waals surface area contributed by atoms with E-state index in [1.54, 1.807) is 0 Å². The number of hydrogen-bond acceptors (Lipinski definition) is 3. The van der Waals surface area contributed by atoms with E-state index < -0.39 is 0 Å². The Morgan fingerprint density at radius 3 is 2.35 bits per heavy atom. The summed E-state index contributed by atoms with van der Waals surface area (Å²) in [5, 5.41) is 0. The Labute approximate surface area is 137 Å². The van der Waals surface area contributed by atoms with E-state index in [0.29, 0.717) is 0 Å². The van der Waals surface area contributed by atoms with Gasteiger partial charge in [0.25, 0.3) is 5.91 Å². The van der Waals surface area contributed by atoms with Gasteiger partial charge < -0.3 is 15.5 Å². The van der Waals surface area contributed by atoms with Gasteiger partial charge >= 0.3 is 0 Å². The van der Waals surface area contributed by atoms with Gasteiger partial charge in [0.05, 0.1) is 0 Å². The summed E-state index contributed by atoms with van der Waals surface area (Å²) in [6, 6.07) is 15.8. The highest BCUT2D eigenvalue weighted by Crippen LogP contribution is 2.23. The van der Waals surface area contributed by atoms with Gasteiger partial charge in [-0.05, 0) is 36.2 Å². The van der Waals surface area contributed by atoms with Gasteiger partial charge in [-0.3, -0.25) is 4.79 Å². The Balaban J connectivity index is 1.64. The minimum atomic E-state index is 0.117. The molecule has 1 amide bonds. The number of piperazine rings is 1. The van der Waals surface area contributed by atoms with Gasteiger partial charge in [0.15, 0.2) is 0 Å². The normalized spacial score (nSPS) is 14.8. The molecule has 2 aromatic carbocycles. The molecule has 1 fully saturated rings. The van der Waals surface area contributed by atoms with Gasteiger partial charge in [-0.1, -0.05) is 31.2 Å². The zero-order valence-electron chi connectivity index (χ0n) is 13.5. The molecule has 1 saturated heterocycles. The molecule has 2 aromatic rings. The summed E-state index contributed by atoms with van der Waals surface area (Å²) in [4.78, 5) is 16.7. The summed E-state index contributed by atoms with van der Waals surface area (Å²) < 4.78 is 0. The number of benzene rings is 2. The van der Waals surface area contributed by atoms with Gasteiger partial charge in [-0.2, -0.15) is 0 Å². The highest BCUT2D eigenvalue weighted by Gasteiger charge is 2.22. The Kier molecular flexibility index (Phi) is 4.51. The lowest BCUT2D eigenvalue weighted by Crippen LogP contribution is -2.48. The first-order valence-corrected chi connectivity index (χ1v) is 8.16. The average Bonchev–Trinajstić information content (AvgIpc) is 2.62. The maximum Gasteiger partial charge on any atom is 0.253 e. The number of nitrogens with two attached hydrogens (primary N) is 1. The molecule has 23 heavy (non-hydrogen) atoms. The third-order valence-corrected chi connectivity index (χ3v) is 4.46. The Hall–Kier alpha value is -2.49. The van der Waals surface area contributed by atoms with Crippen LogP contribution in [0.25, 0.3) is 0 Å². The number of aryl methyl sites for hydroxylation is 1. The monoisotopic (exact) mass is 309 g/mol. The summed E-state index contributed by atoms with van der Waals surface area (Å²) in [7, 11) is 0. The standard InChI is InChI=1S/C19H23N3O/c1-2-15-8-9-17(14-18(15)20)21-10-12-22(13-11-21)19(23)16-6-4-3-5-7-16/h3-9,14H,2,10-13,20H2,1H3. The first-order valence-electron chi connectivity index (χ1n) is 8.16. The molecule has 0 saturated carbocycles. The van der Waals surface area contributed by atoms with Gasteiger partial charge in [0.1, 0.15) is 0 Å². The zero-order chi connectivity index (χ0) is 16.2.